The minimum absolute atomic E-state index is 1.01. The number of benzene rings is 1. The molecule has 1 aromatic carbocycles. The van der Waals surface area contributed by atoms with Gasteiger partial charge in [-0.3, -0.25) is 0 Å². The highest BCUT2D eigenvalue weighted by Crippen LogP contribution is 2.24. The van der Waals surface area contributed by atoms with Gasteiger partial charge in [-0.25, -0.2) is 0 Å². The van der Waals surface area contributed by atoms with E-state index in [-0.39, 0.29) is 0 Å². The molecule has 1 N–H and O–H groups in total. The van der Waals surface area contributed by atoms with E-state index >= 15 is 0 Å². The standard InChI is InChI=1S/C17H28N2O/c1-14-15(2)17(20-3)8-7-16(14)6-4-5-11-19-12-9-18-10-13-19/h7-8,18H,4-6,9-13H2,1-3H3. The molecule has 1 aliphatic rings. The Hall–Kier alpha value is -1.06. The van der Waals surface area contributed by atoms with Gasteiger partial charge in [0.15, 0.2) is 0 Å². The molecule has 1 heterocycles. The molecule has 112 valence electrons. The molecule has 1 fully saturated rings. The van der Waals surface area contributed by atoms with Crippen molar-refractivity contribution in [3.63, 3.8) is 0 Å². The summed E-state index contributed by atoms with van der Waals surface area (Å²) in [5.41, 5.74) is 4.15. The number of unbranched alkanes of at least 4 members (excludes halogenated alkanes) is 1. The van der Waals surface area contributed by atoms with Gasteiger partial charge in [0.1, 0.15) is 5.75 Å². The average Bonchev–Trinajstić information content (AvgIpc) is 2.49. The third-order valence-corrected chi connectivity index (χ3v) is 4.45. The Bertz CT molecular complexity index is 425. The number of hydrogen-bond acceptors (Lipinski definition) is 3. The first kappa shape index (κ1) is 15.3. The maximum Gasteiger partial charge on any atom is 0.122 e. The molecule has 0 saturated carbocycles. The van der Waals surface area contributed by atoms with Crippen LogP contribution < -0.4 is 10.1 Å². The maximum absolute atomic E-state index is 5.37. The first-order valence-electron chi connectivity index (χ1n) is 7.78. The lowest BCUT2D eigenvalue weighted by molar-refractivity contribution is 0.237. The van der Waals surface area contributed by atoms with Crippen molar-refractivity contribution in [3.05, 3.63) is 28.8 Å². The van der Waals surface area contributed by atoms with Crippen LogP contribution in [0, 0.1) is 13.8 Å². The Morgan fingerprint density at radius 2 is 1.85 bits per heavy atom. The zero-order valence-electron chi connectivity index (χ0n) is 13.2. The van der Waals surface area contributed by atoms with Gasteiger partial charge in [0.05, 0.1) is 7.11 Å². The van der Waals surface area contributed by atoms with E-state index < -0.39 is 0 Å². The molecule has 2 rings (SSSR count). The van der Waals surface area contributed by atoms with E-state index in [9.17, 15) is 0 Å². The second-order valence-electron chi connectivity index (χ2n) is 5.73. The summed E-state index contributed by atoms with van der Waals surface area (Å²) in [5, 5.41) is 3.40. The largest absolute Gasteiger partial charge is 0.496 e. The number of piperazine rings is 1. The van der Waals surface area contributed by atoms with Crippen LogP contribution in [-0.2, 0) is 6.42 Å². The predicted octanol–water partition coefficient (Wildman–Crippen LogP) is 2.54. The zero-order chi connectivity index (χ0) is 14.4. The van der Waals surface area contributed by atoms with Crippen LogP contribution >= 0.6 is 0 Å². The van der Waals surface area contributed by atoms with E-state index in [1.165, 1.54) is 55.6 Å². The first-order chi connectivity index (χ1) is 9.72. The number of nitrogens with one attached hydrogen (secondary N) is 1. The first-order valence-corrected chi connectivity index (χ1v) is 7.78. The van der Waals surface area contributed by atoms with E-state index in [0.717, 1.165) is 18.8 Å². The number of ether oxygens (including phenoxy) is 1. The van der Waals surface area contributed by atoms with Gasteiger partial charge in [-0.05, 0) is 62.4 Å². The third-order valence-electron chi connectivity index (χ3n) is 4.45. The van der Waals surface area contributed by atoms with Crippen molar-refractivity contribution < 1.29 is 4.74 Å². The van der Waals surface area contributed by atoms with Crippen molar-refractivity contribution in [2.45, 2.75) is 33.1 Å². The molecule has 0 radical (unpaired) electrons. The van der Waals surface area contributed by atoms with Crippen LogP contribution in [0.25, 0.3) is 0 Å². The van der Waals surface area contributed by atoms with E-state index in [2.05, 4.69) is 36.2 Å². The average molecular weight is 276 g/mol. The Kier molecular flexibility index (Phi) is 5.86. The van der Waals surface area contributed by atoms with Crippen molar-refractivity contribution in [3.8, 4) is 5.75 Å². The third kappa shape index (κ3) is 3.97. The highest BCUT2D eigenvalue weighted by Gasteiger charge is 2.09. The summed E-state index contributed by atoms with van der Waals surface area (Å²) in [6, 6.07) is 4.33. The van der Waals surface area contributed by atoms with Crippen molar-refractivity contribution in [2.24, 2.45) is 0 Å². The number of methoxy groups -OCH3 is 1. The minimum Gasteiger partial charge on any atom is -0.496 e. The Morgan fingerprint density at radius 3 is 2.55 bits per heavy atom. The second-order valence-corrected chi connectivity index (χ2v) is 5.73. The fourth-order valence-corrected chi connectivity index (χ4v) is 2.93. The van der Waals surface area contributed by atoms with Crippen molar-refractivity contribution in [2.75, 3.05) is 39.8 Å². The molecule has 0 atom stereocenters. The molecule has 1 saturated heterocycles. The van der Waals surface area contributed by atoms with Gasteiger partial charge in [0.2, 0.25) is 0 Å². The number of hydrogen-bond donors (Lipinski definition) is 1. The molecule has 0 aliphatic carbocycles. The van der Waals surface area contributed by atoms with Crippen molar-refractivity contribution in [1.29, 1.82) is 0 Å². The Balaban J connectivity index is 1.77. The summed E-state index contributed by atoms with van der Waals surface area (Å²) in [4.78, 5) is 2.57. The zero-order valence-corrected chi connectivity index (χ0v) is 13.2. The van der Waals surface area contributed by atoms with E-state index in [4.69, 9.17) is 4.74 Å². The summed E-state index contributed by atoms with van der Waals surface area (Å²) in [5.74, 6) is 1.01. The van der Waals surface area contributed by atoms with E-state index in [1.807, 2.05) is 0 Å². The summed E-state index contributed by atoms with van der Waals surface area (Å²) < 4.78 is 5.37. The molecule has 20 heavy (non-hydrogen) atoms. The monoisotopic (exact) mass is 276 g/mol. The van der Waals surface area contributed by atoms with Crippen LogP contribution in [0.3, 0.4) is 0 Å². The Morgan fingerprint density at radius 1 is 1.10 bits per heavy atom. The molecular weight excluding hydrogens is 248 g/mol. The van der Waals surface area contributed by atoms with Crippen molar-refractivity contribution >= 4 is 0 Å². The number of nitrogens with zero attached hydrogens (tertiary/aromatic N) is 1. The molecule has 0 amide bonds. The molecule has 1 aliphatic heterocycles. The smallest absolute Gasteiger partial charge is 0.122 e. The maximum atomic E-state index is 5.37. The fraction of sp³-hybridized carbons (Fsp3) is 0.647. The van der Waals surface area contributed by atoms with Gasteiger partial charge < -0.3 is 15.0 Å². The van der Waals surface area contributed by atoms with E-state index in [1.54, 1.807) is 7.11 Å². The van der Waals surface area contributed by atoms with Crippen LogP contribution in [0.15, 0.2) is 12.1 Å². The number of rotatable bonds is 6. The fourth-order valence-electron chi connectivity index (χ4n) is 2.93. The lowest BCUT2D eigenvalue weighted by atomic mass is 9.98. The molecule has 0 unspecified atom stereocenters. The summed E-state index contributed by atoms with van der Waals surface area (Å²) >= 11 is 0. The van der Waals surface area contributed by atoms with E-state index in [0.29, 0.717) is 0 Å². The topological polar surface area (TPSA) is 24.5 Å². The van der Waals surface area contributed by atoms with Crippen LogP contribution in [0.2, 0.25) is 0 Å². The van der Waals surface area contributed by atoms with Gasteiger partial charge in [0, 0.05) is 26.2 Å². The van der Waals surface area contributed by atoms with Gasteiger partial charge in [-0.1, -0.05) is 6.07 Å². The Labute approximate surface area is 123 Å². The van der Waals surface area contributed by atoms with Crippen LogP contribution in [0.1, 0.15) is 29.5 Å². The van der Waals surface area contributed by atoms with Gasteiger partial charge in [0.25, 0.3) is 0 Å². The molecule has 3 heteroatoms. The molecule has 0 bridgehead atoms. The second kappa shape index (κ2) is 7.65. The molecule has 0 aromatic heterocycles. The highest BCUT2D eigenvalue weighted by atomic mass is 16.5. The van der Waals surface area contributed by atoms with Crippen LogP contribution in [-0.4, -0.2) is 44.7 Å². The molecule has 1 aromatic rings. The predicted molar refractivity (Wildman–Crippen MR) is 84.7 cm³/mol. The van der Waals surface area contributed by atoms with Gasteiger partial charge >= 0.3 is 0 Å². The van der Waals surface area contributed by atoms with Gasteiger partial charge in [-0.15, -0.1) is 0 Å². The molecule has 0 spiro atoms. The quantitative estimate of drug-likeness (QED) is 0.808. The highest BCUT2D eigenvalue weighted by molar-refractivity contribution is 5.43. The SMILES string of the molecule is COc1ccc(CCCCN2CCNCC2)c(C)c1C. The lowest BCUT2D eigenvalue weighted by Crippen LogP contribution is -2.43. The minimum atomic E-state index is 1.01. The summed E-state index contributed by atoms with van der Waals surface area (Å²) in [6.07, 6.45) is 3.75. The lowest BCUT2D eigenvalue weighted by Gasteiger charge is -2.27. The molecular formula is C17H28N2O. The number of aryl methyl sites for hydroxylation is 1. The van der Waals surface area contributed by atoms with Crippen LogP contribution in [0.5, 0.6) is 5.75 Å². The summed E-state index contributed by atoms with van der Waals surface area (Å²) in [7, 11) is 1.74. The van der Waals surface area contributed by atoms with Crippen molar-refractivity contribution in [1.82, 2.24) is 10.2 Å². The van der Waals surface area contributed by atoms with Crippen LogP contribution in [0.4, 0.5) is 0 Å². The molecule has 3 nitrogen and oxygen atoms in total. The summed E-state index contributed by atoms with van der Waals surface area (Å²) in [6.45, 7) is 10.3. The normalized spacial score (nSPS) is 16.4. The van der Waals surface area contributed by atoms with Gasteiger partial charge in [-0.2, -0.15) is 0 Å².